The van der Waals surface area contributed by atoms with E-state index < -0.39 is 11.7 Å². The van der Waals surface area contributed by atoms with E-state index in [1.807, 2.05) is 0 Å². The van der Waals surface area contributed by atoms with Gasteiger partial charge in [0.25, 0.3) is 0 Å². The monoisotopic (exact) mass is 273 g/mol. The van der Waals surface area contributed by atoms with Gasteiger partial charge in [0.15, 0.2) is 0 Å². The Morgan fingerprint density at radius 3 is 2.74 bits per heavy atom. The molecule has 2 nitrogen and oxygen atoms in total. The Kier molecular flexibility index (Phi) is 4.16. The fourth-order valence-corrected chi connectivity index (χ4v) is 2.53. The normalized spacial score (nSPS) is 25.5. The summed E-state index contributed by atoms with van der Waals surface area (Å²) in [6, 6.07) is 5.07. The largest absolute Gasteiger partial charge is 0.416 e. The van der Waals surface area contributed by atoms with Gasteiger partial charge in [-0.05, 0) is 30.4 Å². The van der Waals surface area contributed by atoms with E-state index in [4.69, 9.17) is 10.5 Å². The molecule has 2 rings (SSSR count). The van der Waals surface area contributed by atoms with Gasteiger partial charge in [0.05, 0.1) is 11.7 Å². The molecule has 0 amide bonds. The second-order valence-electron chi connectivity index (χ2n) is 5.17. The summed E-state index contributed by atoms with van der Waals surface area (Å²) in [6.07, 6.45) is -3.01. The first-order valence-corrected chi connectivity index (χ1v) is 6.41. The van der Waals surface area contributed by atoms with Gasteiger partial charge >= 0.3 is 6.18 Å². The lowest BCUT2D eigenvalue weighted by Gasteiger charge is -2.22. The van der Waals surface area contributed by atoms with Crippen LogP contribution in [0, 0.1) is 5.92 Å². The van der Waals surface area contributed by atoms with Crippen LogP contribution >= 0.6 is 0 Å². The predicted octanol–water partition coefficient (Wildman–Crippen LogP) is 3.00. The third kappa shape index (κ3) is 3.48. The lowest BCUT2D eigenvalue weighted by Crippen LogP contribution is -2.39. The van der Waals surface area contributed by atoms with E-state index in [1.165, 1.54) is 12.1 Å². The first-order valence-electron chi connectivity index (χ1n) is 6.41. The van der Waals surface area contributed by atoms with Crippen molar-refractivity contribution in [3.63, 3.8) is 0 Å². The number of rotatable bonds is 3. The first kappa shape index (κ1) is 14.3. The molecular weight excluding hydrogens is 255 g/mol. The van der Waals surface area contributed by atoms with Crippen LogP contribution in [0.3, 0.4) is 0 Å². The summed E-state index contributed by atoms with van der Waals surface area (Å²) in [6.45, 7) is 2.74. The van der Waals surface area contributed by atoms with Crippen LogP contribution in [0.4, 0.5) is 13.2 Å². The third-order valence-corrected chi connectivity index (χ3v) is 3.59. The summed E-state index contributed by atoms with van der Waals surface area (Å²) in [5.41, 5.74) is 6.03. The highest BCUT2D eigenvalue weighted by Crippen LogP contribution is 2.30. The van der Waals surface area contributed by atoms with Crippen molar-refractivity contribution < 1.29 is 17.9 Å². The van der Waals surface area contributed by atoms with Crippen LogP contribution in [-0.4, -0.2) is 18.8 Å². The molecule has 0 bridgehead atoms. The summed E-state index contributed by atoms with van der Waals surface area (Å²) in [4.78, 5) is 0. The van der Waals surface area contributed by atoms with Crippen molar-refractivity contribution in [2.45, 2.75) is 38.1 Å². The van der Waals surface area contributed by atoms with E-state index in [9.17, 15) is 13.2 Å². The van der Waals surface area contributed by atoms with Crippen LogP contribution in [0.1, 0.15) is 24.5 Å². The molecule has 1 heterocycles. The Morgan fingerprint density at radius 1 is 1.42 bits per heavy atom. The molecule has 1 saturated heterocycles. The Hall–Kier alpha value is -1.07. The minimum absolute atomic E-state index is 0.0606. The second kappa shape index (κ2) is 5.51. The van der Waals surface area contributed by atoms with Crippen LogP contribution in [0.25, 0.3) is 0 Å². The summed E-state index contributed by atoms with van der Waals surface area (Å²) < 4.78 is 43.4. The predicted molar refractivity (Wildman–Crippen MR) is 66.6 cm³/mol. The van der Waals surface area contributed by atoms with E-state index >= 15 is 0 Å². The topological polar surface area (TPSA) is 35.2 Å². The maximum absolute atomic E-state index is 12.6. The molecule has 106 valence electrons. The number of hydrogen-bond acceptors (Lipinski definition) is 2. The Labute approximate surface area is 110 Å². The van der Waals surface area contributed by atoms with Crippen molar-refractivity contribution in [3.05, 3.63) is 35.4 Å². The lowest BCUT2D eigenvalue weighted by molar-refractivity contribution is -0.137. The molecule has 3 unspecified atom stereocenters. The maximum Gasteiger partial charge on any atom is 0.416 e. The Balaban J connectivity index is 2.06. The molecule has 5 heteroatoms. The molecule has 1 aliphatic rings. The van der Waals surface area contributed by atoms with E-state index in [2.05, 4.69) is 6.92 Å². The quantitative estimate of drug-likeness (QED) is 0.918. The Morgan fingerprint density at radius 2 is 2.16 bits per heavy atom. The molecule has 0 aliphatic carbocycles. The summed E-state index contributed by atoms with van der Waals surface area (Å²) in [5, 5.41) is 0. The van der Waals surface area contributed by atoms with Crippen LogP contribution in [0.5, 0.6) is 0 Å². The molecule has 1 aromatic rings. The molecule has 1 aliphatic heterocycles. The van der Waals surface area contributed by atoms with E-state index in [-0.39, 0.29) is 12.1 Å². The highest BCUT2D eigenvalue weighted by Gasteiger charge is 2.32. The second-order valence-corrected chi connectivity index (χ2v) is 5.17. The maximum atomic E-state index is 12.6. The van der Waals surface area contributed by atoms with Gasteiger partial charge in [0.2, 0.25) is 0 Å². The highest BCUT2D eigenvalue weighted by molar-refractivity contribution is 5.26. The van der Waals surface area contributed by atoms with Crippen LogP contribution in [0.2, 0.25) is 0 Å². The molecule has 1 aromatic carbocycles. The standard InChI is InChI=1S/C14H18F3NO/c1-9-5-6-19-13(9)12(18)8-10-3-2-4-11(7-10)14(15,16)17/h2-4,7,9,12-13H,5-6,8,18H2,1H3. The van der Waals surface area contributed by atoms with Gasteiger partial charge in [-0.25, -0.2) is 0 Å². The van der Waals surface area contributed by atoms with Gasteiger partial charge in [-0.15, -0.1) is 0 Å². The number of nitrogens with two attached hydrogens (primary N) is 1. The molecule has 0 spiro atoms. The molecule has 1 fully saturated rings. The number of ether oxygens (including phenoxy) is 1. The summed E-state index contributed by atoms with van der Waals surface area (Å²) >= 11 is 0. The van der Waals surface area contributed by atoms with E-state index in [0.717, 1.165) is 12.5 Å². The van der Waals surface area contributed by atoms with Gasteiger partial charge in [-0.3, -0.25) is 0 Å². The van der Waals surface area contributed by atoms with Gasteiger partial charge < -0.3 is 10.5 Å². The van der Waals surface area contributed by atoms with Crippen LogP contribution in [0.15, 0.2) is 24.3 Å². The summed E-state index contributed by atoms with van der Waals surface area (Å²) in [5.74, 6) is 0.362. The first-order chi connectivity index (χ1) is 8.88. The molecular formula is C14H18F3NO. The molecule has 2 N–H and O–H groups in total. The highest BCUT2D eigenvalue weighted by atomic mass is 19.4. The van der Waals surface area contributed by atoms with Crippen molar-refractivity contribution in [2.75, 3.05) is 6.61 Å². The fourth-order valence-electron chi connectivity index (χ4n) is 2.53. The number of halogens is 3. The van der Waals surface area contributed by atoms with Crippen LogP contribution in [-0.2, 0) is 17.3 Å². The Bertz CT molecular complexity index is 433. The lowest BCUT2D eigenvalue weighted by atomic mass is 9.93. The smallest absolute Gasteiger partial charge is 0.376 e. The van der Waals surface area contributed by atoms with Crippen molar-refractivity contribution in [3.8, 4) is 0 Å². The SMILES string of the molecule is CC1CCOC1C(N)Cc1cccc(C(F)(F)F)c1. The van der Waals surface area contributed by atoms with Gasteiger partial charge in [-0.1, -0.05) is 25.1 Å². The number of alkyl halides is 3. The zero-order chi connectivity index (χ0) is 14.0. The molecule has 0 aromatic heterocycles. The zero-order valence-corrected chi connectivity index (χ0v) is 10.8. The average molecular weight is 273 g/mol. The fraction of sp³-hybridized carbons (Fsp3) is 0.571. The minimum atomic E-state index is -4.31. The summed E-state index contributed by atoms with van der Waals surface area (Å²) in [7, 11) is 0. The molecule has 3 atom stereocenters. The van der Waals surface area contributed by atoms with Gasteiger partial charge in [0.1, 0.15) is 0 Å². The van der Waals surface area contributed by atoms with Gasteiger partial charge in [-0.2, -0.15) is 13.2 Å². The molecule has 19 heavy (non-hydrogen) atoms. The average Bonchev–Trinajstić information content (AvgIpc) is 2.75. The molecule has 0 saturated carbocycles. The van der Waals surface area contributed by atoms with E-state index in [0.29, 0.717) is 24.5 Å². The number of hydrogen-bond donors (Lipinski definition) is 1. The van der Waals surface area contributed by atoms with Crippen molar-refractivity contribution in [2.24, 2.45) is 11.7 Å². The third-order valence-electron chi connectivity index (χ3n) is 3.59. The van der Waals surface area contributed by atoms with Crippen molar-refractivity contribution >= 4 is 0 Å². The van der Waals surface area contributed by atoms with Gasteiger partial charge in [0, 0.05) is 12.6 Å². The van der Waals surface area contributed by atoms with Crippen molar-refractivity contribution in [1.82, 2.24) is 0 Å². The minimum Gasteiger partial charge on any atom is -0.376 e. The van der Waals surface area contributed by atoms with E-state index in [1.54, 1.807) is 6.07 Å². The molecule has 0 radical (unpaired) electrons. The van der Waals surface area contributed by atoms with Crippen LogP contribution < -0.4 is 5.73 Å². The van der Waals surface area contributed by atoms with Crippen molar-refractivity contribution in [1.29, 1.82) is 0 Å². The number of benzene rings is 1. The zero-order valence-electron chi connectivity index (χ0n) is 10.8.